The maximum atomic E-state index is 12.1. The number of furan rings is 1. The molecule has 1 aliphatic heterocycles. The average Bonchev–Trinajstić information content (AvgIpc) is 3.06. The number of hydroxylamine groups is 1. The Morgan fingerprint density at radius 1 is 1.35 bits per heavy atom. The Kier molecular flexibility index (Phi) is 5.82. The van der Waals surface area contributed by atoms with Crippen molar-refractivity contribution in [3.63, 3.8) is 0 Å². The van der Waals surface area contributed by atoms with E-state index in [1.807, 2.05) is 0 Å². The molecule has 0 aromatic carbocycles. The van der Waals surface area contributed by atoms with E-state index in [2.05, 4.69) is 5.32 Å². The Bertz CT molecular complexity index is 687. The van der Waals surface area contributed by atoms with Gasteiger partial charge in [-0.05, 0) is 18.9 Å². The van der Waals surface area contributed by atoms with Crippen LogP contribution < -0.4 is 10.4 Å². The maximum Gasteiger partial charge on any atom is 0.336 e. The van der Waals surface area contributed by atoms with Gasteiger partial charge in [-0.15, -0.1) is 0 Å². The number of anilines is 1. The predicted molar refractivity (Wildman–Crippen MR) is 82.8 cm³/mol. The van der Waals surface area contributed by atoms with E-state index in [0.717, 1.165) is 5.06 Å². The number of aliphatic carboxylic acids is 2. The zero-order valence-corrected chi connectivity index (χ0v) is 13.6. The van der Waals surface area contributed by atoms with Crippen molar-refractivity contribution in [2.75, 3.05) is 11.6 Å². The Morgan fingerprint density at radius 2 is 2.08 bits per heavy atom. The fourth-order valence-corrected chi connectivity index (χ4v) is 2.48. The predicted octanol–water partition coefficient (Wildman–Crippen LogP) is -0.497. The molecule has 0 bridgehead atoms. The van der Waals surface area contributed by atoms with Crippen LogP contribution in [0.2, 0.25) is 0 Å². The van der Waals surface area contributed by atoms with E-state index in [0.29, 0.717) is 19.4 Å². The monoisotopic (exact) mass is 370 g/mol. The topological polar surface area (TPSA) is 167 Å². The number of hydrogen-bond donors (Lipinski definition) is 4. The van der Waals surface area contributed by atoms with Gasteiger partial charge in [0.2, 0.25) is 11.8 Å². The Balaban J connectivity index is 2.17. The van der Waals surface area contributed by atoms with Gasteiger partial charge in [-0.2, -0.15) is 5.06 Å². The van der Waals surface area contributed by atoms with Crippen LogP contribution in [0.4, 0.5) is 5.88 Å². The van der Waals surface area contributed by atoms with Gasteiger partial charge < -0.3 is 29.9 Å². The van der Waals surface area contributed by atoms with Crippen molar-refractivity contribution in [1.82, 2.24) is 5.32 Å². The van der Waals surface area contributed by atoms with E-state index < -0.39 is 48.3 Å². The minimum Gasteiger partial charge on any atom is -0.481 e. The molecule has 11 heteroatoms. The number of nitrogens with zero attached hydrogens (tertiary/aromatic N) is 1. The van der Waals surface area contributed by atoms with Gasteiger partial charge in [0.1, 0.15) is 6.04 Å². The molecule has 1 aliphatic rings. The molecular formula is C15H18N2O9. The largest absolute Gasteiger partial charge is 0.481 e. The lowest BCUT2D eigenvalue weighted by Crippen LogP contribution is -2.52. The molecule has 1 amide bonds. The van der Waals surface area contributed by atoms with Crippen molar-refractivity contribution in [2.45, 2.75) is 37.3 Å². The van der Waals surface area contributed by atoms with E-state index in [1.54, 1.807) is 0 Å². The highest BCUT2D eigenvalue weighted by Crippen LogP contribution is 2.24. The van der Waals surface area contributed by atoms with Crippen LogP contribution in [0, 0.1) is 0 Å². The highest BCUT2D eigenvalue weighted by Gasteiger charge is 2.43. The molecule has 1 aromatic heterocycles. The lowest BCUT2D eigenvalue weighted by atomic mass is 9.96. The van der Waals surface area contributed by atoms with Gasteiger partial charge in [0.15, 0.2) is 5.60 Å². The van der Waals surface area contributed by atoms with Crippen molar-refractivity contribution in [2.24, 2.45) is 0 Å². The van der Waals surface area contributed by atoms with E-state index in [-0.39, 0.29) is 5.88 Å². The normalized spacial score (nSPS) is 19.1. The Labute approximate surface area is 147 Å². The van der Waals surface area contributed by atoms with Gasteiger partial charge >= 0.3 is 17.9 Å². The summed E-state index contributed by atoms with van der Waals surface area (Å²) in [4.78, 5) is 51.1. The van der Waals surface area contributed by atoms with Gasteiger partial charge in [0.25, 0.3) is 0 Å². The summed E-state index contributed by atoms with van der Waals surface area (Å²) in [6.07, 6.45) is -0.0709. The number of carboxylic acid groups (broad SMARTS) is 2. The Morgan fingerprint density at radius 3 is 2.62 bits per heavy atom. The molecule has 0 spiro atoms. The van der Waals surface area contributed by atoms with Crippen LogP contribution >= 0.6 is 0 Å². The number of rotatable bonds is 8. The van der Waals surface area contributed by atoms with Crippen molar-refractivity contribution in [3.8, 4) is 0 Å². The molecule has 26 heavy (non-hydrogen) atoms. The van der Waals surface area contributed by atoms with Crippen LogP contribution in [0.15, 0.2) is 22.8 Å². The molecule has 142 valence electrons. The van der Waals surface area contributed by atoms with E-state index >= 15 is 0 Å². The molecule has 2 unspecified atom stereocenters. The van der Waals surface area contributed by atoms with Gasteiger partial charge in [-0.25, -0.2) is 9.59 Å². The van der Waals surface area contributed by atoms with E-state index in [4.69, 9.17) is 19.5 Å². The maximum absolute atomic E-state index is 12.1. The summed E-state index contributed by atoms with van der Waals surface area (Å²) in [5.74, 6) is -5.10. The smallest absolute Gasteiger partial charge is 0.336 e. The summed E-state index contributed by atoms with van der Waals surface area (Å²) < 4.78 is 5.14. The highest BCUT2D eigenvalue weighted by molar-refractivity contribution is 5.89. The zero-order chi connectivity index (χ0) is 19.3. The van der Waals surface area contributed by atoms with Crippen molar-refractivity contribution in [3.05, 3.63) is 18.4 Å². The van der Waals surface area contributed by atoms with Gasteiger partial charge in [-0.1, -0.05) is 0 Å². The molecule has 2 atom stereocenters. The summed E-state index contributed by atoms with van der Waals surface area (Å²) >= 11 is 0. The number of carboxylic acids is 2. The summed E-state index contributed by atoms with van der Waals surface area (Å²) in [5, 5.41) is 31.2. The van der Waals surface area contributed by atoms with Crippen LogP contribution in [0.1, 0.15) is 25.7 Å². The van der Waals surface area contributed by atoms with Crippen LogP contribution in [0.5, 0.6) is 0 Å². The second-order valence-corrected chi connectivity index (χ2v) is 5.77. The molecule has 4 N–H and O–H groups in total. The fraction of sp³-hybridized carbons (Fsp3) is 0.467. The molecule has 1 aromatic rings. The second kappa shape index (κ2) is 7.87. The first-order chi connectivity index (χ1) is 12.2. The number of carbonyl (C=O) groups excluding carboxylic acids is 2. The first kappa shape index (κ1) is 19.2. The molecule has 2 heterocycles. The summed E-state index contributed by atoms with van der Waals surface area (Å²) in [6.45, 7) is 0.465. The molecule has 0 saturated carbocycles. The van der Waals surface area contributed by atoms with Crippen molar-refractivity contribution in [1.29, 1.82) is 0 Å². The number of aliphatic hydroxyl groups is 1. The minimum atomic E-state index is -2.84. The highest BCUT2D eigenvalue weighted by atomic mass is 16.7. The molecule has 11 nitrogen and oxygen atoms in total. The fourth-order valence-electron chi connectivity index (χ4n) is 2.48. The first-order valence-corrected chi connectivity index (χ1v) is 7.72. The van der Waals surface area contributed by atoms with Gasteiger partial charge in [-0.3, -0.25) is 9.59 Å². The van der Waals surface area contributed by atoms with Crippen molar-refractivity contribution >= 4 is 29.7 Å². The summed E-state index contributed by atoms with van der Waals surface area (Å²) in [6, 6.07) is 2.02. The molecule has 0 radical (unpaired) electrons. The van der Waals surface area contributed by atoms with E-state index in [1.165, 1.54) is 18.4 Å². The third-order valence-electron chi connectivity index (χ3n) is 3.74. The summed E-state index contributed by atoms with van der Waals surface area (Å²) in [7, 11) is 0. The van der Waals surface area contributed by atoms with Gasteiger partial charge in [0.05, 0.1) is 19.1 Å². The number of piperidine rings is 1. The third kappa shape index (κ3) is 4.51. The van der Waals surface area contributed by atoms with Crippen LogP contribution in [0.3, 0.4) is 0 Å². The third-order valence-corrected chi connectivity index (χ3v) is 3.74. The van der Waals surface area contributed by atoms with Gasteiger partial charge in [0, 0.05) is 12.6 Å². The SMILES string of the molecule is O=C(O)CC(O)(CC(=O)ON(c1ccco1)C1CCCNC1=O)C(=O)O. The number of carbonyl (C=O) groups is 4. The molecule has 1 fully saturated rings. The number of amides is 1. The van der Waals surface area contributed by atoms with Crippen LogP contribution in [0.25, 0.3) is 0 Å². The Hall–Kier alpha value is -3.08. The molecular weight excluding hydrogens is 352 g/mol. The van der Waals surface area contributed by atoms with Crippen LogP contribution in [-0.2, 0) is 24.0 Å². The quantitative estimate of drug-likeness (QED) is 0.438. The van der Waals surface area contributed by atoms with E-state index in [9.17, 15) is 24.3 Å². The van der Waals surface area contributed by atoms with Crippen LogP contribution in [-0.4, -0.2) is 57.3 Å². The van der Waals surface area contributed by atoms with Crippen molar-refractivity contribution < 1.29 is 43.8 Å². The molecule has 2 rings (SSSR count). The lowest BCUT2D eigenvalue weighted by Gasteiger charge is -2.31. The number of hydrogen-bond acceptors (Lipinski definition) is 8. The average molecular weight is 370 g/mol. The lowest BCUT2D eigenvalue weighted by molar-refractivity contribution is -0.173. The molecule has 0 aliphatic carbocycles. The minimum absolute atomic E-state index is 0.0255. The molecule has 1 saturated heterocycles. The first-order valence-electron chi connectivity index (χ1n) is 7.72. The summed E-state index contributed by atoms with van der Waals surface area (Å²) in [5.41, 5.74) is -2.84. The standard InChI is InChI=1S/C15H18N2O9/c18-11(19)7-15(24,14(22)23)8-12(20)26-17(10-4-2-6-25-10)9-3-1-5-16-13(9)21/h2,4,6,9,24H,1,3,5,7-8H2,(H,16,21)(H,18,19)(H,22,23). The number of nitrogens with one attached hydrogen (secondary N) is 1. The zero-order valence-electron chi connectivity index (χ0n) is 13.6. The second-order valence-electron chi connectivity index (χ2n) is 5.77.